The van der Waals surface area contributed by atoms with Gasteiger partial charge in [-0.2, -0.15) is 0 Å². The highest BCUT2D eigenvalue weighted by atomic mass is 35.5. The molecule has 12 heavy (non-hydrogen) atoms. The summed E-state index contributed by atoms with van der Waals surface area (Å²) in [6.45, 7) is -0.853. The average molecular weight is 215 g/mol. The summed E-state index contributed by atoms with van der Waals surface area (Å²) >= 11 is 10.9. The summed E-state index contributed by atoms with van der Waals surface area (Å²) in [5.74, 6) is -0.745. The molecule has 1 atom stereocenters. The minimum absolute atomic E-state index is 0.0323. The van der Waals surface area contributed by atoms with E-state index < -0.39 is 18.9 Å². The number of esters is 1. The number of halogens is 3. The molecule has 3 nitrogen and oxygen atoms in total. The summed E-state index contributed by atoms with van der Waals surface area (Å²) in [6, 6.07) is 0. The summed E-state index contributed by atoms with van der Waals surface area (Å²) in [5, 5.41) is -0.240. The maximum Gasteiger partial charge on any atom is 0.353 e. The molecular formula is C6H5Cl2FO3. The Bertz CT molecular complexity index is 229. The molecule has 0 bridgehead atoms. The van der Waals surface area contributed by atoms with E-state index in [0.29, 0.717) is 0 Å². The van der Waals surface area contributed by atoms with Gasteiger partial charge in [-0.3, -0.25) is 0 Å². The Balaban J connectivity index is 2.55. The third-order valence-corrected chi connectivity index (χ3v) is 1.98. The molecule has 0 aliphatic carbocycles. The van der Waals surface area contributed by atoms with Crippen LogP contribution in [0.25, 0.3) is 0 Å². The zero-order valence-electron chi connectivity index (χ0n) is 5.85. The van der Waals surface area contributed by atoms with Gasteiger partial charge in [-0.1, -0.05) is 23.2 Å². The average Bonchev–Trinajstić information content (AvgIpc) is 2.30. The van der Waals surface area contributed by atoms with E-state index in [1.165, 1.54) is 0 Å². The molecule has 0 amide bonds. The standard InChI is InChI=1S/C6H5Cl2FO3/c7-3-4(8)6(11-2-1-9)12-5(3)10/h6H,1-2H2. The SMILES string of the molecule is O=C1OC(OCCF)C(Cl)=C1Cl. The molecule has 0 fully saturated rings. The first-order valence-corrected chi connectivity index (χ1v) is 3.86. The van der Waals surface area contributed by atoms with Gasteiger partial charge < -0.3 is 9.47 Å². The van der Waals surface area contributed by atoms with Crippen LogP contribution in [0, 0.1) is 0 Å². The van der Waals surface area contributed by atoms with Gasteiger partial charge in [0.05, 0.1) is 6.61 Å². The molecule has 0 radical (unpaired) electrons. The molecule has 1 rings (SSSR count). The Morgan fingerprint density at radius 1 is 1.58 bits per heavy atom. The van der Waals surface area contributed by atoms with Gasteiger partial charge in [0, 0.05) is 0 Å². The maximum atomic E-state index is 11.6. The van der Waals surface area contributed by atoms with Crippen molar-refractivity contribution in [2.75, 3.05) is 13.3 Å². The second-order valence-electron chi connectivity index (χ2n) is 1.96. The van der Waals surface area contributed by atoms with Crippen molar-refractivity contribution in [1.29, 1.82) is 0 Å². The molecule has 1 aliphatic rings. The highest BCUT2D eigenvalue weighted by Crippen LogP contribution is 2.28. The lowest BCUT2D eigenvalue weighted by atomic mass is 10.5. The Labute approximate surface area is 78.0 Å². The van der Waals surface area contributed by atoms with Crippen LogP contribution < -0.4 is 0 Å². The van der Waals surface area contributed by atoms with E-state index in [4.69, 9.17) is 27.9 Å². The lowest BCUT2D eigenvalue weighted by Crippen LogP contribution is -2.15. The van der Waals surface area contributed by atoms with Gasteiger partial charge in [-0.25, -0.2) is 9.18 Å². The zero-order chi connectivity index (χ0) is 9.14. The molecule has 1 aliphatic heterocycles. The topological polar surface area (TPSA) is 35.5 Å². The van der Waals surface area contributed by atoms with E-state index >= 15 is 0 Å². The predicted octanol–water partition coefficient (Wildman–Crippen LogP) is 1.54. The van der Waals surface area contributed by atoms with E-state index in [9.17, 15) is 9.18 Å². The van der Waals surface area contributed by atoms with Crippen molar-refractivity contribution >= 4 is 29.2 Å². The lowest BCUT2D eigenvalue weighted by molar-refractivity contribution is -0.159. The lowest BCUT2D eigenvalue weighted by Gasteiger charge is -2.08. The highest BCUT2D eigenvalue weighted by Gasteiger charge is 2.32. The van der Waals surface area contributed by atoms with Gasteiger partial charge in [-0.05, 0) is 0 Å². The van der Waals surface area contributed by atoms with Crippen molar-refractivity contribution in [1.82, 2.24) is 0 Å². The summed E-state index contributed by atoms with van der Waals surface area (Å²) in [4.78, 5) is 10.7. The Kier molecular flexibility index (Phi) is 3.31. The molecule has 6 heteroatoms. The van der Waals surface area contributed by atoms with Crippen LogP contribution in [0.1, 0.15) is 0 Å². The van der Waals surface area contributed by atoms with Crippen molar-refractivity contribution in [2.45, 2.75) is 6.29 Å². The fraction of sp³-hybridized carbons (Fsp3) is 0.500. The van der Waals surface area contributed by atoms with Crippen molar-refractivity contribution in [3.8, 4) is 0 Å². The summed E-state index contributed by atoms with van der Waals surface area (Å²) in [7, 11) is 0. The highest BCUT2D eigenvalue weighted by molar-refractivity contribution is 6.48. The van der Waals surface area contributed by atoms with Crippen LogP contribution in [0.3, 0.4) is 0 Å². The minimum Gasteiger partial charge on any atom is -0.426 e. The number of rotatable bonds is 3. The largest absolute Gasteiger partial charge is 0.426 e. The summed E-state index contributed by atoms with van der Waals surface area (Å²) < 4.78 is 20.8. The van der Waals surface area contributed by atoms with Crippen LogP contribution in [-0.4, -0.2) is 25.5 Å². The van der Waals surface area contributed by atoms with Crippen LogP contribution in [-0.2, 0) is 14.3 Å². The summed E-state index contributed by atoms with van der Waals surface area (Å²) in [6.07, 6.45) is -1.04. The van der Waals surface area contributed by atoms with Gasteiger partial charge in [0.15, 0.2) is 0 Å². The van der Waals surface area contributed by atoms with E-state index in [0.717, 1.165) is 0 Å². The van der Waals surface area contributed by atoms with Gasteiger partial charge >= 0.3 is 5.97 Å². The number of hydrogen-bond donors (Lipinski definition) is 0. The number of carbonyl (C=O) groups is 1. The van der Waals surface area contributed by atoms with Crippen LogP contribution in [0.2, 0.25) is 0 Å². The van der Waals surface area contributed by atoms with Crippen molar-refractivity contribution in [2.24, 2.45) is 0 Å². The minimum atomic E-state index is -1.04. The van der Waals surface area contributed by atoms with Crippen molar-refractivity contribution in [3.63, 3.8) is 0 Å². The summed E-state index contributed by atoms with van der Waals surface area (Å²) in [5.41, 5.74) is 0. The van der Waals surface area contributed by atoms with Gasteiger partial charge in [0.25, 0.3) is 0 Å². The molecule has 68 valence electrons. The smallest absolute Gasteiger partial charge is 0.353 e. The molecule has 0 saturated heterocycles. The molecule has 0 N–H and O–H groups in total. The Morgan fingerprint density at radius 3 is 2.67 bits per heavy atom. The van der Waals surface area contributed by atoms with Crippen LogP contribution >= 0.6 is 23.2 Å². The van der Waals surface area contributed by atoms with Crippen molar-refractivity contribution < 1.29 is 18.7 Å². The number of carbonyl (C=O) groups excluding carboxylic acids is 1. The normalized spacial score (nSPS) is 23.2. The second kappa shape index (κ2) is 4.07. The molecule has 0 aromatic heterocycles. The second-order valence-corrected chi connectivity index (χ2v) is 2.74. The van der Waals surface area contributed by atoms with Crippen molar-refractivity contribution in [3.05, 3.63) is 10.1 Å². The van der Waals surface area contributed by atoms with Gasteiger partial charge in [-0.15, -0.1) is 0 Å². The molecule has 0 saturated carbocycles. The molecule has 0 aromatic rings. The number of ether oxygens (including phenoxy) is 2. The number of cyclic esters (lactones) is 1. The molecule has 0 spiro atoms. The van der Waals surface area contributed by atoms with Crippen LogP contribution in [0.15, 0.2) is 10.1 Å². The molecule has 1 heterocycles. The van der Waals surface area contributed by atoms with Gasteiger partial charge in [0.2, 0.25) is 6.29 Å². The Morgan fingerprint density at radius 2 is 2.25 bits per heavy atom. The van der Waals surface area contributed by atoms with E-state index in [2.05, 4.69) is 4.74 Å². The molecule has 1 unspecified atom stereocenters. The fourth-order valence-corrected chi connectivity index (χ4v) is 0.979. The van der Waals surface area contributed by atoms with E-state index in [1.54, 1.807) is 0 Å². The van der Waals surface area contributed by atoms with E-state index in [-0.39, 0.29) is 16.7 Å². The van der Waals surface area contributed by atoms with E-state index in [1.807, 2.05) is 0 Å². The van der Waals surface area contributed by atoms with Gasteiger partial charge in [0.1, 0.15) is 16.7 Å². The van der Waals surface area contributed by atoms with Crippen LogP contribution in [0.4, 0.5) is 4.39 Å². The first kappa shape index (κ1) is 9.77. The first-order valence-electron chi connectivity index (χ1n) is 3.10. The zero-order valence-corrected chi connectivity index (χ0v) is 7.36. The van der Waals surface area contributed by atoms with Crippen LogP contribution in [0.5, 0.6) is 0 Å². The quantitative estimate of drug-likeness (QED) is 0.670. The Hall–Kier alpha value is -0.320. The molecule has 0 aromatic carbocycles. The maximum absolute atomic E-state index is 11.6. The monoisotopic (exact) mass is 214 g/mol. The number of alkyl halides is 1. The third kappa shape index (κ3) is 1.88. The molecular weight excluding hydrogens is 210 g/mol. The number of hydrogen-bond acceptors (Lipinski definition) is 3. The first-order chi connectivity index (χ1) is 5.66. The third-order valence-electron chi connectivity index (χ3n) is 1.16. The fourth-order valence-electron chi connectivity index (χ4n) is 0.660. The predicted molar refractivity (Wildman–Crippen MR) is 40.5 cm³/mol.